The topological polar surface area (TPSA) is 63.8 Å². The average Bonchev–Trinajstić information content (AvgIpc) is 2.76. The van der Waals surface area contributed by atoms with Gasteiger partial charge in [-0.15, -0.1) is 0 Å². The molecule has 102 valence electrons. The van der Waals surface area contributed by atoms with Crippen LogP contribution in [0.25, 0.3) is 11.5 Å². The van der Waals surface area contributed by atoms with Gasteiger partial charge >= 0.3 is 0 Å². The van der Waals surface area contributed by atoms with E-state index in [-0.39, 0.29) is 6.61 Å². The molecular weight excluding hydrogens is 240 g/mol. The summed E-state index contributed by atoms with van der Waals surface area (Å²) < 4.78 is 1.86. The number of hydrogen-bond acceptors (Lipinski definition) is 4. The molecule has 2 heterocycles. The number of aliphatic hydroxyl groups is 1. The van der Waals surface area contributed by atoms with E-state index in [0.29, 0.717) is 18.3 Å². The summed E-state index contributed by atoms with van der Waals surface area (Å²) in [7, 11) is 0. The van der Waals surface area contributed by atoms with Crippen molar-refractivity contribution < 1.29 is 5.11 Å². The van der Waals surface area contributed by atoms with Gasteiger partial charge in [0.2, 0.25) is 0 Å². The quantitative estimate of drug-likeness (QED) is 0.914. The Hall–Kier alpha value is -1.75. The van der Waals surface area contributed by atoms with Gasteiger partial charge in [-0.25, -0.2) is 15.0 Å². The Bertz CT molecular complexity index is 552. The molecule has 0 radical (unpaired) electrons. The van der Waals surface area contributed by atoms with E-state index in [2.05, 4.69) is 28.8 Å². The Labute approximate surface area is 113 Å². The van der Waals surface area contributed by atoms with Gasteiger partial charge in [-0.3, -0.25) is 0 Å². The zero-order valence-corrected chi connectivity index (χ0v) is 11.9. The zero-order valence-electron chi connectivity index (χ0n) is 11.9. The number of nitrogens with zero attached hydrogens (tertiary/aromatic N) is 4. The van der Waals surface area contributed by atoms with Crippen molar-refractivity contribution in [2.24, 2.45) is 0 Å². The molecule has 0 fully saturated rings. The third kappa shape index (κ3) is 2.66. The molecule has 0 aliphatic heterocycles. The van der Waals surface area contributed by atoms with Crippen LogP contribution in [0.4, 0.5) is 0 Å². The van der Waals surface area contributed by atoms with E-state index in [9.17, 15) is 0 Å². The predicted octanol–water partition coefficient (Wildman–Crippen LogP) is 2.07. The van der Waals surface area contributed by atoms with Crippen molar-refractivity contribution in [3.05, 3.63) is 29.5 Å². The first-order chi connectivity index (χ1) is 9.04. The van der Waals surface area contributed by atoms with Gasteiger partial charge in [0.1, 0.15) is 5.69 Å². The number of rotatable bonds is 4. The number of aromatic nitrogens is 4. The molecule has 2 aromatic heterocycles. The van der Waals surface area contributed by atoms with Crippen LogP contribution < -0.4 is 0 Å². The van der Waals surface area contributed by atoms with E-state index in [4.69, 9.17) is 5.11 Å². The Morgan fingerprint density at radius 1 is 1.21 bits per heavy atom. The number of aryl methyl sites for hydroxylation is 2. The maximum Gasteiger partial charge on any atom is 0.178 e. The minimum absolute atomic E-state index is 0.0748. The first kappa shape index (κ1) is 13.7. The molecule has 0 saturated carbocycles. The van der Waals surface area contributed by atoms with Crippen LogP contribution in [0, 0.1) is 13.8 Å². The summed E-state index contributed by atoms with van der Waals surface area (Å²) in [6.07, 6.45) is 3.43. The smallest absolute Gasteiger partial charge is 0.178 e. The van der Waals surface area contributed by atoms with Gasteiger partial charge in [-0.2, -0.15) is 0 Å². The van der Waals surface area contributed by atoms with Gasteiger partial charge in [-0.05, 0) is 25.3 Å². The average molecular weight is 260 g/mol. The van der Waals surface area contributed by atoms with Gasteiger partial charge < -0.3 is 9.67 Å². The third-order valence-corrected chi connectivity index (χ3v) is 3.19. The van der Waals surface area contributed by atoms with Crippen LogP contribution in [0.3, 0.4) is 0 Å². The van der Waals surface area contributed by atoms with Crippen molar-refractivity contribution in [2.45, 2.75) is 40.2 Å². The zero-order chi connectivity index (χ0) is 14.0. The van der Waals surface area contributed by atoms with Crippen molar-refractivity contribution in [2.75, 3.05) is 6.61 Å². The molecule has 0 saturated heterocycles. The van der Waals surface area contributed by atoms with E-state index < -0.39 is 0 Å². The van der Waals surface area contributed by atoms with Crippen molar-refractivity contribution in [3.8, 4) is 11.5 Å². The molecule has 0 bridgehead atoms. The minimum Gasteiger partial charge on any atom is -0.395 e. The van der Waals surface area contributed by atoms with Gasteiger partial charge in [0, 0.05) is 17.9 Å². The fraction of sp³-hybridized carbons (Fsp3) is 0.500. The lowest BCUT2D eigenvalue weighted by atomic mass is 10.00. The summed E-state index contributed by atoms with van der Waals surface area (Å²) >= 11 is 0. The number of imidazole rings is 1. The Morgan fingerprint density at radius 3 is 2.37 bits per heavy atom. The summed E-state index contributed by atoms with van der Waals surface area (Å²) in [5.74, 6) is 1.08. The second-order valence-corrected chi connectivity index (χ2v) is 4.98. The normalized spacial score (nSPS) is 11.3. The first-order valence-corrected chi connectivity index (χ1v) is 6.51. The highest BCUT2D eigenvalue weighted by Crippen LogP contribution is 2.24. The molecule has 0 spiro atoms. The number of aliphatic hydroxyl groups excluding tert-OH is 1. The predicted molar refractivity (Wildman–Crippen MR) is 73.9 cm³/mol. The van der Waals surface area contributed by atoms with Gasteiger partial charge in [0.05, 0.1) is 19.1 Å². The number of hydrogen-bond donors (Lipinski definition) is 1. The van der Waals surface area contributed by atoms with Crippen LogP contribution in [-0.2, 0) is 6.54 Å². The molecular formula is C14H20N4O. The van der Waals surface area contributed by atoms with Crippen LogP contribution >= 0.6 is 0 Å². The Balaban J connectivity index is 2.49. The van der Waals surface area contributed by atoms with E-state index in [1.54, 1.807) is 12.5 Å². The minimum atomic E-state index is 0.0748. The summed E-state index contributed by atoms with van der Waals surface area (Å²) in [6.45, 7) is 8.90. The van der Waals surface area contributed by atoms with E-state index in [0.717, 1.165) is 17.1 Å². The van der Waals surface area contributed by atoms with E-state index in [1.807, 2.05) is 18.4 Å². The molecule has 2 rings (SSSR count). The maximum atomic E-state index is 9.05. The van der Waals surface area contributed by atoms with Crippen molar-refractivity contribution in [3.63, 3.8) is 0 Å². The second kappa shape index (κ2) is 5.48. The van der Waals surface area contributed by atoms with Crippen LogP contribution in [0.1, 0.15) is 36.7 Å². The van der Waals surface area contributed by atoms with Crippen molar-refractivity contribution >= 4 is 0 Å². The highest BCUT2D eigenvalue weighted by molar-refractivity contribution is 5.50. The standard InChI is InChI=1S/C14H20N4O/c1-9(2)13-10(3)16-14(17-11(13)4)12-7-15-8-18(12)5-6-19/h7-9,19H,5-6H2,1-4H3. The molecule has 5 nitrogen and oxygen atoms in total. The summed E-state index contributed by atoms with van der Waals surface area (Å²) in [6, 6.07) is 0. The lowest BCUT2D eigenvalue weighted by molar-refractivity contribution is 0.276. The maximum absolute atomic E-state index is 9.05. The van der Waals surface area contributed by atoms with Gasteiger partial charge in [-0.1, -0.05) is 13.8 Å². The van der Waals surface area contributed by atoms with Crippen LogP contribution in [0.2, 0.25) is 0 Å². The largest absolute Gasteiger partial charge is 0.395 e. The highest BCUT2D eigenvalue weighted by Gasteiger charge is 2.14. The van der Waals surface area contributed by atoms with Crippen molar-refractivity contribution in [1.82, 2.24) is 19.5 Å². The Kier molecular flexibility index (Phi) is 3.95. The molecule has 0 aromatic carbocycles. The molecule has 2 aromatic rings. The molecule has 0 aliphatic carbocycles. The van der Waals surface area contributed by atoms with Crippen LogP contribution in [0.15, 0.2) is 12.5 Å². The van der Waals surface area contributed by atoms with Gasteiger partial charge in [0.15, 0.2) is 5.82 Å². The highest BCUT2D eigenvalue weighted by atomic mass is 16.3. The monoisotopic (exact) mass is 260 g/mol. The molecule has 1 N–H and O–H groups in total. The fourth-order valence-electron chi connectivity index (χ4n) is 2.47. The lowest BCUT2D eigenvalue weighted by Crippen LogP contribution is -2.08. The Morgan fingerprint density at radius 2 is 1.84 bits per heavy atom. The van der Waals surface area contributed by atoms with Crippen LogP contribution in [0.5, 0.6) is 0 Å². The second-order valence-electron chi connectivity index (χ2n) is 4.98. The van der Waals surface area contributed by atoms with Gasteiger partial charge in [0.25, 0.3) is 0 Å². The molecule has 0 amide bonds. The van der Waals surface area contributed by atoms with Crippen LogP contribution in [-0.4, -0.2) is 31.2 Å². The molecule has 0 unspecified atom stereocenters. The molecule has 19 heavy (non-hydrogen) atoms. The molecule has 0 atom stereocenters. The lowest BCUT2D eigenvalue weighted by Gasteiger charge is -2.14. The summed E-state index contributed by atoms with van der Waals surface area (Å²) in [5, 5.41) is 9.05. The molecule has 0 aliphatic rings. The summed E-state index contributed by atoms with van der Waals surface area (Å²) in [5.41, 5.74) is 4.07. The first-order valence-electron chi connectivity index (χ1n) is 6.51. The van der Waals surface area contributed by atoms with E-state index in [1.165, 1.54) is 5.56 Å². The third-order valence-electron chi connectivity index (χ3n) is 3.19. The van der Waals surface area contributed by atoms with Crippen molar-refractivity contribution in [1.29, 1.82) is 0 Å². The molecule has 5 heteroatoms. The summed E-state index contributed by atoms with van der Waals surface area (Å²) in [4.78, 5) is 13.3. The van der Waals surface area contributed by atoms with E-state index >= 15 is 0 Å². The fourth-order valence-corrected chi connectivity index (χ4v) is 2.47. The SMILES string of the molecule is Cc1nc(-c2cncn2CCO)nc(C)c1C(C)C.